The average Bonchev–Trinajstić information content (AvgIpc) is 2.41. The summed E-state index contributed by atoms with van der Waals surface area (Å²) in [5.41, 5.74) is 3.23. The van der Waals surface area contributed by atoms with Crippen LogP contribution >= 0.6 is 15.9 Å². The van der Waals surface area contributed by atoms with Crippen LogP contribution in [0.2, 0.25) is 0 Å². The zero-order valence-electron chi connectivity index (χ0n) is 10.5. The fourth-order valence-corrected chi connectivity index (χ4v) is 3.27. The molecule has 0 aliphatic heterocycles. The second-order valence-corrected chi connectivity index (χ2v) is 6.45. The first-order valence-corrected chi connectivity index (χ1v) is 7.78. The zero-order chi connectivity index (χ0) is 14.8. The van der Waals surface area contributed by atoms with Crippen molar-refractivity contribution in [3.05, 3.63) is 40.8 Å². The lowest BCUT2D eigenvalue weighted by Gasteiger charge is -2.12. The summed E-state index contributed by atoms with van der Waals surface area (Å²) < 4.78 is 27.8. The molecule has 2 rings (SSSR count). The maximum atomic E-state index is 12.4. The van der Waals surface area contributed by atoms with Crippen LogP contribution in [-0.4, -0.2) is 18.4 Å². The molecule has 0 fully saturated rings. The van der Waals surface area contributed by atoms with E-state index in [2.05, 4.69) is 36.0 Å². The Morgan fingerprint density at radius 3 is 2.75 bits per heavy atom. The van der Waals surface area contributed by atoms with Crippen LogP contribution in [0, 0.1) is 6.92 Å². The predicted octanol–water partition coefficient (Wildman–Crippen LogP) is 1.63. The molecular formula is C11H12BrN5O2S. The van der Waals surface area contributed by atoms with E-state index in [1.54, 1.807) is 25.3 Å². The predicted molar refractivity (Wildman–Crippen MR) is 79.5 cm³/mol. The molecule has 7 nitrogen and oxygen atoms in total. The highest BCUT2D eigenvalue weighted by Gasteiger charge is 2.21. The van der Waals surface area contributed by atoms with Crippen LogP contribution in [0.5, 0.6) is 0 Å². The number of hydrazine groups is 1. The van der Waals surface area contributed by atoms with Crippen LogP contribution in [0.1, 0.15) is 5.69 Å². The third-order valence-corrected chi connectivity index (χ3v) is 4.31. The van der Waals surface area contributed by atoms with Crippen molar-refractivity contribution in [2.45, 2.75) is 11.8 Å². The Kier molecular flexibility index (Phi) is 4.21. The fourth-order valence-electron chi connectivity index (χ4n) is 1.53. The summed E-state index contributed by atoms with van der Waals surface area (Å²) in [5, 5.41) is 0. The molecular weight excluding hydrogens is 346 g/mol. The van der Waals surface area contributed by atoms with E-state index in [-0.39, 0.29) is 10.7 Å². The lowest BCUT2D eigenvalue weighted by Crippen LogP contribution is -2.19. The second kappa shape index (κ2) is 5.73. The molecule has 4 N–H and O–H groups in total. The summed E-state index contributed by atoms with van der Waals surface area (Å²) in [6, 6.07) is 4.68. The Balaban J connectivity index is 2.46. The van der Waals surface area contributed by atoms with Crippen LogP contribution in [0.25, 0.3) is 0 Å². The molecule has 0 bridgehead atoms. The Hall–Kier alpha value is -1.71. The number of halogens is 1. The number of nitrogens with zero attached hydrogens (tertiary/aromatic N) is 2. The normalized spacial score (nSPS) is 11.2. The third kappa shape index (κ3) is 3.06. The van der Waals surface area contributed by atoms with E-state index in [9.17, 15) is 8.42 Å². The lowest BCUT2D eigenvalue weighted by molar-refractivity contribution is 0.601. The van der Waals surface area contributed by atoms with Crippen LogP contribution in [0.3, 0.4) is 0 Å². The number of hydrogen-bond donors (Lipinski definition) is 3. The van der Waals surface area contributed by atoms with Gasteiger partial charge in [0.25, 0.3) is 10.0 Å². The van der Waals surface area contributed by atoms with Gasteiger partial charge in [0.2, 0.25) is 0 Å². The van der Waals surface area contributed by atoms with E-state index < -0.39 is 10.0 Å². The SMILES string of the molecule is Cc1ncccc1NS(=O)(=O)c1cc(Br)cnc1NN. The second-order valence-electron chi connectivity index (χ2n) is 3.89. The molecule has 0 atom stereocenters. The molecule has 2 aromatic heterocycles. The van der Waals surface area contributed by atoms with Crippen LogP contribution in [0.4, 0.5) is 11.5 Å². The van der Waals surface area contributed by atoms with Crippen molar-refractivity contribution < 1.29 is 8.42 Å². The lowest BCUT2D eigenvalue weighted by atomic mass is 10.3. The van der Waals surface area contributed by atoms with E-state index in [1.165, 1.54) is 12.3 Å². The van der Waals surface area contributed by atoms with Gasteiger partial charge in [-0.2, -0.15) is 0 Å². The maximum Gasteiger partial charge on any atom is 0.265 e. The van der Waals surface area contributed by atoms with Gasteiger partial charge in [0.1, 0.15) is 4.90 Å². The standard InChI is InChI=1S/C11H12BrN5O2S/c1-7-9(3-2-4-14-7)17-20(18,19)10-5-8(12)6-15-11(10)16-13/h2-6,17H,13H2,1H3,(H,15,16). The van der Waals surface area contributed by atoms with Crippen LogP contribution < -0.4 is 16.0 Å². The molecule has 0 aliphatic carbocycles. The van der Waals surface area contributed by atoms with Gasteiger partial charge in [0, 0.05) is 16.9 Å². The van der Waals surface area contributed by atoms with Crippen molar-refractivity contribution in [1.82, 2.24) is 9.97 Å². The zero-order valence-corrected chi connectivity index (χ0v) is 12.9. The molecule has 0 saturated heterocycles. The molecule has 9 heteroatoms. The molecule has 0 saturated carbocycles. The molecule has 106 valence electrons. The van der Waals surface area contributed by atoms with Crippen LogP contribution in [-0.2, 0) is 10.0 Å². The minimum atomic E-state index is -3.83. The number of aryl methyl sites for hydroxylation is 1. The molecule has 0 aromatic carbocycles. The number of pyridine rings is 2. The first kappa shape index (κ1) is 14.7. The van der Waals surface area contributed by atoms with Gasteiger partial charge in [-0.1, -0.05) is 0 Å². The average molecular weight is 358 g/mol. The topological polar surface area (TPSA) is 110 Å². The number of sulfonamides is 1. The summed E-state index contributed by atoms with van der Waals surface area (Å²) in [6.45, 7) is 1.71. The molecule has 0 amide bonds. The van der Waals surface area contributed by atoms with Crippen molar-refractivity contribution in [1.29, 1.82) is 0 Å². The van der Waals surface area contributed by atoms with Crippen molar-refractivity contribution in [2.24, 2.45) is 5.84 Å². The molecule has 2 heterocycles. The number of anilines is 2. The first-order chi connectivity index (χ1) is 9.44. The van der Waals surface area contributed by atoms with E-state index in [1.807, 2.05) is 0 Å². The smallest absolute Gasteiger partial charge is 0.265 e. The van der Waals surface area contributed by atoms with Crippen molar-refractivity contribution in [3.8, 4) is 0 Å². The van der Waals surface area contributed by atoms with Gasteiger partial charge in [-0.05, 0) is 41.1 Å². The van der Waals surface area contributed by atoms with Crippen molar-refractivity contribution in [2.75, 3.05) is 10.1 Å². The highest BCUT2D eigenvalue weighted by molar-refractivity contribution is 9.10. The Morgan fingerprint density at radius 1 is 1.35 bits per heavy atom. The van der Waals surface area contributed by atoms with Gasteiger partial charge >= 0.3 is 0 Å². The van der Waals surface area contributed by atoms with Crippen molar-refractivity contribution >= 4 is 37.5 Å². The molecule has 0 spiro atoms. The van der Waals surface area contributed by atoms with E-state index in [0.29, 0.717) is 15.9 Å². The maximum absolute atomic E-state index is 12.4. The Morgan fingerprint density at radius 2 is 2.10 bits per heavy atom. The summed E-state index contributed by atoms with van der Waals surface area (Å²) in [7, 11) is -3.83. The largest absolute Gasteiger partial charge is 0.307 e. The van der Waals surface area contributed by atoms with Crippen molar-refractivity contribution in [3.63, 3.8) is 0 Å². The molecule has 20 heavy (non-hydrogen) atoms. The molecule has 0 radical (unpaired) electrons. The first-order valence-electron chi connectivity index (χ1n) is 5.50. The number of nitrogens with one attached hydrogen (secondary N) is 2. The summed E-state index contributed by atoms with van der Waals surface area (Å²) >= 11 is 3.18. The van der Waals surface area contributed by atoms with Gasteiger partial charge in [-0.25, -0.2) is 19.2 Å². The van der Waals surface area contributed by atoms with E-state index in [4.69, 9.17) is 5.84 Å². The number of nitrogens with two attached hydrogens (primary N) is 1. The number of aromatic nitrogens is 2. The van der Waals surface area contributed by atoms with Crippen LogP contribution in [0.15, 0.2) is 40.0 Å². The van der Waals surface area contributed by atoms with Gasteiger partial charge in [-0.15, -0.1) is 0 Å². The highest BCUT2D eigenvalue weighted by Crippen LogP contribution is 2.25. The Labute approximate surface area is 124 Å². The molecule has 0 unspecified atom stereocenters. The number of nitrogen functional groups attached to an aromatic ring is 1. The van der Waals surface area contributed by atoms with E-state index in [0.717, 1.165) is 0 Å². The fraction of sp³-hybridized carbons (Fsp3) is 0.0909. The molecule has 0 aliphatic rings. The van der Waals surface area contributed by atoms with Gasteiger partial charge in [0.05, 0.1) is 11.4 Å². The van der Waals surface area contributed by atoms with Gasteiger partial charge in [0.15, 0.2) is 5.82 Å². The number of hydrogen-bond acceptors (Lipinski definition) is 6. The summed E-state index contributed by atoms with van der Waals surface area (Å²) in [4.78, 5) is 7.88. The molecule has 2 aromatic rings. The summed E-state index contributed by atoms with van der Waals surface area (Å²) in [6.07, 6.45) is 3.03. The monoisotopic (exact) mass is 357 g/mol. The summed E-state index contributed by atoms with van der Waals surface area (Å²) in [5.74, 6) is 5.35. The number of rotatable bonds is 4. The minimum Gasteiger partial charge on any atom is -0.307 e. The minimum absolute atomic E-state index is 0.0576. The Bertz CT molecular complexity index is 735. The van der Waals surface area contributed by atoms with Gasteiger partial charge in [-0.3, -0.25) is 9.71 Å². The third-order valence-electron chi connectivity index (χ3n) is 2.50. The highest BCUT2D eigenvalue weighted by atomic mass is 79.9. The van der Waals surface area contributed by atoms with Gasteiger partial charge < -0.3 is 5.43 Å². The quantitative estimate of drug-likeness (QED) is 0.566. The van der Waals surface area contributed by atoms with E-state index >= 15 is 0 Å².